The van der Waals surface area contributed by atoms with E-state index in [4.69, 9.17) is 10.5 Å². The molecule has 2 rings (SSSR count). The maximum atomic E-state index is 11.7. The monoisotopic (exact) mass is 324 g/mol. The summed E-state index contributed by atoms with van der Waals surface area (Å²) in [7, 11) is 1.51. The number of halogens is 1. The summed E-state index contributed by atoms with van der Waals surface area (Å²) in [6, 6.07) is 9.43. The van der Waals surface area contributed by atoms with Gasteiger partial charge in [0, 0.05) is 25.4 Å². The Morgan fingerprint density at radius 1 is 1.36 bits per heavy atom. The number of nitrogens with two attached hydrogens (primary N) is 1. The molecule has 1 atom stereocenters. The Hall–Kier alpha value is -1.89. The Balaban J connectivity index is 0.00000242. The van der Waals surface area contributed by atoms with E-state index in [-0.39, 0.29) is 24.9 Å². The van der Waals surface area contributed by atoms with Gasteiger partial charge in [-0.15, -0.1) is 12.4 Å². The topological polar surface area (TPSA) is 82.2 Å². The van der Waals surface area contributed by atoms with E-state index < -0.39 is 6.04 Å². The van der Waals surface area contributed by atoms with Crippen molar-refractivity contribution < 1.29 is 9.53 Å². The Morgan fingerprint density at radius 3 is 2.77 bits per heavy atom. The average molecular weight is 325 g/mol. The SMILES string of the molecule is COCC(N)C(=O)NCc1cnn(Cc2ccccc2)c1.Cl. The fourth-order valence-electron chi connectivity index (χ4n) is 1.93. The number of amides is 1. The minimum Gasteiger partial charge on any atom is -0.383 e. The summed E-state index contributed by atoms with van der Waals surface area (Å²) < 4.78 is 6.68. The third-order valence-corrected chi connectivity index (χ3v) is 3.02. The first-order valence-electron chi connectivity index (χ1n) is 6.76. The first-order chi connectivity index (χ1) is 10.2. The van der Waals surface area contributed by atoms with Crippen LogP contribution in [-0.4, -0.2) is 35.4 Å². The zero-order valence-corrected chi connectivity index (χ0v) is 13.3. The molecule has 6 nitrogen and oxygen atoms in total. The van der Waals surface area contributed by atoms with Gasteiger partial charge in [0.1, 0.15) is 6.04 Å². The van der Waals surface area contributed by atoms with Gasteiger partial charge in [-0.3, -0.25) is 9.48 Å². The number of hydrogen-bond acceptors (Lipinski definition) is 4. The second kappa shape index (κ2) is 9.19. The summed E-state index contributed by atoms with van der Waals surface area (Å²) >= 11 is 0. The predicted molar refractivity (Wildman–Crippen MR) is 86.7 cm³/mol. The number of carbonyl (C=O) groups excluding carboxylic acids is 1. The lowest BCUT2D eigenvalue weighted by molar-refractivity contribution is -0.123. The van der Waals surface area contributed by atoms with E-state index in [0.717, 1.165) is 5.56 Å². The van der Waals surface area contributed by atoms with Crippen LogP contribution in [0.5, 0.6) is 0 Å². The number of nitrogens with zero attached hydrogens (tertiary/aromatic N) is 2. The van der Waals surface area contributed by atoms with Crippen LogP contribution in [0.25, 0.3) is 0 Å². The number of hydrogen-bond donors (Lipinski definition) is 2. The molecule has 0 fully saturated rings. The number of ether oxygens (including phenoxy) is 1. The average Bonchev–Trinajstić information content (AvgIpc) is 2.93. The Kier molecular flexibility index (Phi) is 7.59. The largest absolute Gasteiger partial charge is 0.383 e. The van der Waals surface area contributed by atoms with Crippen molar-refractivity contribution in [3.8, 4) is 0 Å². The number of aromatic nitrogens is 2. The molecular formula is C15H21ClN4O2. The van der Waals surface area contributed by atoms with Crippen LogP contribution in [0.15, 0.2) is 42.7 Å². The molecular weight excluding hydrogens is 304 g/mol. The molecule has 0 spiro atoms. The van der Waals surface area contributed by atoms with Crippen molar-refractivity contribution in [3.63, 3.8) is 0 Å². The standard InChI is InChI=1S/C15H20N4O2.ClH/c1-21-11-14(16)15(20)17-7-13-8-18-19(10-13)9-12-5-3-2-4-6-12;/h2-6,8,10,14H,7,9,11,16H2,1H3,(H,17,20);1H. The van der Waals surface area contributed by atoms with E-state index in [0.29, 0.717) is 13.1 Å². The van der Waals surface area contributed by atoms with E-state index in [1.54, 1.807) is 6.20 Å². The van der Waals surface area contributed by atoms with Crippen LogP contribution >= 0.6 is 12.4 Å². The number of carbonyl (C=O) groups is 1. The third kappa shape index (κ3) is 5.48. The maximum Gasteiger partial charge on any atom is 0.239 e. The molecule has 2 aromatic rings. The molecule has 22 heavy (non-hydrogen) atoms. The first-order valence-corrected chi connectivity index (χ1v) is 6.76. The van der Waals surface area contributed by atoms with E-state index in [9.17, 15) is 4.79 Å². The lowest BCUT2D eigenvalue weighted by atomic mass is 10.2. The molecule has 0 aliphatic rings. The van der Waals surface area contributed by atoms with Gasteiger partial charge in [-0.2, -0.15) is 5.10 Å². The van der Waals surface area contributed by atoms with Crippen LogP contribution in [-0.2, 0) is 22.6 Å². The van der Waals surface area contributed by atoms with Gasteiger partial charge < -0.3 is 15.8 Å². The second-order valence-corrected chi connectivity index (χ2v) is 4.81. The van der Waals surface area contributed by atoms with Crippen molar-refractivity contribution in [3.05, 3.63) is 53.9 Å². The molecule has 7 heteroatoms. The van der Waals surface area contributed by atoms with Gasteiger partial charge in [-0.1, -0.05) is 30.3 Å². The number of methoxy groups -OCH3 is 1. The van der Waals surface area contributed by atoms with E-state index >= 15 is 0 Å². The van der Waals surface area contributed by atoms with Gasteiger partial charge >= 0.3 is 0 Å². The summed E-state index contributed by atoms with van der Waals surface area (Å²) in [6.45, 7) is 1.32. The fourth-order valence-corrected chi connectivity index (χ4v) is 1.93. The van der Waals surface area contributed by atoms with Gasteiger partial charge in [0.25, 0.3) is 0 Å². The highest BCUT2D eigenvalue weighted by atomic mass is 35.5. The highest BCUT2D eigenvalue weighted by molar-refractivity contribution is 5.85. The number of benzene rings is 1. The van der Waals surface area contributed by atoms with E-state index in [1.807, 2.05) is 41.2 Å². The van der Waals surface area contributed by atoms with Gasteiger partial charge in [-0.05, 0) is 5.56 Å². The van der Waals surface area contributed by atoms with E-state index in [1.165, 1.54) is 12.7 Å². The number of nitrogens with one attached hydrogen (secondary N) is 1. The lowest BCUT2D eigenvalue weighted by Crippen LogP contribution is -2.43. The summed E-state index contributed by atoms with van der Waals surface area (Å²) in [4.78, 5) is 11.7. The second-order valence-electron chi connectivity index (χ2n) is 4.81. The van der Waals surface area contributed by atoms with Crippen molar-refractivity contribution >= 4 is 18.3 Å². The van der Waals surface area contributed by atoms with Gasteiger partial charge in [0.05, 0.1) is 19.3 Å². The molecule has 0 radical (unpaired) electrons. The van der Waals surface area contributed by atoms with Crippen molar-refractivity contribution in [2.24, 2.45) is 5.73 Å². The highest BCUT2D eigenvalue weighted by Gasteiger charge is 2.12. The highest BCUT2D eigenvalue weighted by Crippen LogP contribution is 2.03. The van der Waals surface area contributed by atoms with Gasteiger partial charge in [-0.25, -0.2) is 0 Å². The summed E-state index contributed by atoms with van der Waals surface area (Å²) in [5.74, 6) is -0.229. The fraction of sp³-hybridized carbons (Fsp3) is 0.333. The summed E-state index contributed by atoms with van der Waals surface area (Å²) in [5.41, 5.74) is 7.75. The van der Waals surface area contributed by atoms with Crippen LogP contribution in [0.1, 0.15) is 11.1 Å². The van der Waals surface area contributed by atoms with Gasteiger partial charge in [0.15, 0.2) is 0 Å². The Bertz CT molecular complexity index is 574. The molecule has 0 saturated heterocycles. The quantitative estimate of drug-likeness (QED) is 0.794. The van der Waals surface area contributed by atoms with Crippen LogP contribution in [0.3, 0.4) is 0 Å². The van der Waals surface area contributed by atoms with Crippen LogP contribution < -0.4 is 11.1 Å². The van der Waals surface area contributed by atoms with Crippen LogP contribution in [0.4, 0.5) is 0 Å². The number of rotatable bonds is 7. The van der Waals surface area contributed by atoms with Crippen LogP contribution in [0.2, 0.25) is 0 Å². The van der Waals surface area contributed by atoms with Crippen molar-refractivity contribution in [1.29, 1.82) is 0 Å². The van der Waals surface area contributed by atoms with Crippen LogP contribution in [0, 0.1) is 0 Å². The smallest absolute Gasteiger partial charge is 0.239 e. The molecule has 1 unspecified atom stereocenters. The molecule has 0 aliphatic carbocycles. The summed E-state index contributed by atoms with van der Waals surface area (Å²) in [5, 5.41) is 7.04. The lowest BCUT2D eigenvalue weighted by Gasteiger charge is -2.10. The normalized spacial score (nSPS) is 11.5. The minimum atomic E-state index is -0.644. The molecule has 1 heterocycles. The zero-order chi connectivity index (χ0) is 15.1. The molecule has 0 aliphatic heterocycles. The van der Waals surface area contributed by atoms with E-state index in [2.05, 4.69) is 10.4 Å². The predicted octanol–water partition coefficient (Wildman–Crippen LogP) is 0.943. The molecule has 0 saturated carbocycles. The third-order valence-electron chi connectivity index (χ3n) is 3.02. The minimum absolute atomic E-state index is 0. The van der Waals surface area contributed by atoms with Gasteiger partial charge in [0.2, 0.25) is 5.91 Å². The molecule has 0 bridgehead atoms. The summed E-state index contributed by atoms with van der Waals surface area (Å²) in [6.07, 6.45) is 3.65. The first kappa shape index (κ1) is 18.2. The molecule has 1 amide bonds. The Morgan fingerprint density at radius 2 is 2.09 bits per heavy atom. The van der Waals surface area contributed by atoms with Crippen molar-refractivity contribution in [1.82, 2.24) is 15.1 Å². The maximum absolute atomic E-state index is 11.7. The molecule has 3 N–H and O–H groups in total. The Labute approximate surface area is 136 Å². The molecule has 1 aromatic heterocycles. The van der Waals surface area contributed by atoms with Crippen molar-refractivity contribution in [2.45, 2.75) is 19.1 Å². The zero-order valence-electron chi connectivity index (χ0n) is 12.4. The molecule has 120 valence electrons. The molecule has 1 aromatic carbocycles. The van der Waals surface area contributed by atoms with Crippen molar-refractivity contribution in [2.75, 3.05) is 13.7 Å².